The average Bonchev–Trinajstić information content (AvgIpc) is 2.44. The van der Waals surface area contributed by atoms with Crippen LogP contribution in [0.1, 0.15) is 51.5 Å². The topological polar surface area (TPSA) is 35.2 Å². The van der Waals surface area contributed by atoms with Gasteiger partial charge >= 0.3 is 0 Å². The number of hydrogen-bond acceptors (Lipinski definition) is 2. The van der Waals surface area contributed by atoms with Crippen molar-refractivity contribution in [2.75, 3.05) is 13.2 Å². The van der Waals surface area contributed by atoms with E-state index in [2.05, 4.69) is 32.9 Å². The minimum absolute atomic E-state index is 0.351. The van der Waals surface area contributed by atoms with Crippen molar-refractivity contribution in [3.8, 4) is 5.75 Å². The van der Waals surface area contributed by atoms with E-state index < -0.39 is 0 Å². The van der Waals surface area contributed by atoms with Gasteiger partial charge in [0.15, 0.2) is 0 Å². The summed E-state index contributed by atoms with van der Waals surface area (Å²) in [6.07, 6.45) is 5.88. The number of ether oxygens (including phenoxy) is 1. The highest BCUT2D eigenvalue weighted by atomic mass is 16.5. The van der Waals surface area contributed by atoms with E-state index in [0.29, 0.717) is 5.41 Å². The summed E-state index contributed by atoms with van der Waals surface area (Å²) in [6, 6.07) is 8.24. The van der Waals surface area contributed by atoms with Gasteiger partial charge in [-0.25, -0.2) is 0 Å². The van der Waals surface area contributed by atoms with Gasteiger partial charge < -0.3 is 10.5 Å². The largest absolute Gasteiger partial charge is 0.494 e. The highest BCUT2D eigenvalue weighted by Gasteiger charge is 2.23. The number of hydrogen-bond donors (Lipinski definition) is 1. The molecule has 1 rings (SSSR count). The second kappa shape index (κ2) is 8.21. The Morgan fingerprint density at radius 3 is 2.47 bits per heavy atom. The van der Waals surface area contributed by atoms with Crippen LogP contribution in [-0.2, 0) is 0 Å². The predicted octanol–water partition coefficient (Wildman–Crippen LogP) is 4.31. The van der Waals surface area contributed by atoms with Crippen LogP contribution in [-0.4, -0.2) is 13.2 Å². The minimum Gasteiger partial charge on any atom is -0.494 e. The lowest BCUT2D eigenvalue weighted by Gasteiger charge is -2.30. The first-order chi connectivity index (χ1) is 9.15. The van der Waals surface area contributed by atoms with Crippen LogP contribution in [0.15, 0.2) is 24.3 Å². The Balaban J connectivity index is 2.24. The van der Waals surface area contributed by atoms with Crippen LogP contribution in [0.25, 0.3) is 0 Å². The number of aryl methyl sites for hydroxylation is 1. The molecule has 2 heteroatoms. The van der Waals surface area contributed by atoms with Gasteiger partial charge in [0.05, 0.1) is 6.61 Å². The SMILES string of the molecule is CCC(CC)(CN)CCCCOc1cccc(C)c1. The molecule has 2 N–H and O–H groups in total. The van der Waals surface area contributed by atoms with Gasteiger partial charge in [-0.2, -0.15) is 0 Å². The van der Waals surface area contributed by atoms with Gasteiger partial charge in [-0.3, -0.25) is 0 Å². The summed E-state index contributed by atoms with van der Waals surface area (Å²) in [5.74, 6) is 0.982. The third-order valence-corrected chi connectivity index (χ3v) is 4.29. The molecule has 0 aromatic heterocycles. The van der Waals surface area contributed by atoms with E-state index in [1.54, 1.807) is 0 Å². The Kier molecular flexibility index (Phi) is 6.93. The molecule has 0 aliphatic rings. The summed E-state index contributed by atoms with van der Waals surface area (Å²) in [6.45, 7) is 8.19. The number of benzene rings is 1. The Morgan fingerprint density at radius 1 is 1.16 bits per heavy atom. The van der Waals surface area contributed by atoms with E-state index >= 15 is 0 Å². The molecule has 108 valence electrons. The first kappa shape index (κ1) is 16.0. The molecule has 0 heterocycles. The van der Waals surface area contributed by atoms with Crippen LogP contribution < -0.4 is 10.5 Å². The summed E-state index contributed by atoms with van der Waals surface area (Å²) < 4.78 is 5.77. The fourth-order valence-electron chi connectivity index (χ4n) is 2.49. The molecule has 1 aromatic rings. The first-order valence-corrected chi connectivity index (χ1v) is 7.55. The van der Waals surface area contributed by atoms with Crippen molar-refractivity contribution in [1.29, 1.82) is 0 Å². The van der Waals surface area contributed by atoms with Crippen molar-refractivity contribution in [2.45, 2.75) is 52.9 Å². The average molecular weight is 263 g/mol. The van der Waals surface area contributed by atoms with Crippen LogP contribution >= 0.6 is 0 Å². The number of rotatable bonds is 9. The third-order valence-electron chi connectivity index (χ3n) is 4.29. The maximum absolute atomic E-state index is 5.92. The summed E-state index contributed by atoms with van der Waals surface area (Å²) in [4.78, 5) is 0. The lowest BCUT2D eigenvalue weighted by molar-refractivity contribution is 0.228. The molecule has 0 aliphatic heterocycles. The van der Waals surface area contributed by atoms with E-state index in [4.69, 9.17) is 10.5 Å². The molecule has 0 fully saturated rings. The quantitative estimate of drug-likeness (QED) is 0.674. The molecular weight excluding hydrogens is 234 g/mol. The minimum atomic E-state index is 0.351. The molecule has 0 saturated carbocycles. The first-order valence-electron chi connectivity index (χ1n) is 7.55. The number of unbranched alkanes of at least 4 members (excludes halogenated alkanes) is 1. The van der Waals surface area contributed by atoms with Gasteiger partial charge in [-0.05, 0) is 68.7 Å². The van der Waals surface area contributed by atoms with Gasteiger partial charge in [-0.15, -0.1) is 0 Å². The van der Waals surface area contributed by atoms with E-state index in [9.17, 15) is 0 Å². The molecule has 0 aliphatic carbocycles. The van der Waals surface area contributed by atoms with Gasteiger partial charge in [0, 0.05) is 0 Å². The zero-order chi connectivity index (χ0) is 14.1. The molecule has 0 amide bonds. The smallest absolute Gasteiger partial charge is 0.119 e. The van der Waals surface area contributed by atoms with E-state index in [1.165, 1.54) is 31.2 Å². The Morgan fingerprint density at radius 2 is 1.89 bits per heavy atom. The Labute approximate surface area is 118 Å². The van der Waals surface area contributed by atoms with Crippen molar-refractivity contribution in [3.63, 3.8) is 0 Å². The monoisotopic (exact) mass is 263 g/mol. The maximum atomic E-state index is 5.92. The zero-order valence-corrected chi connectivity index (χ0v) is 12.7. The van der Waals surface area contributed by atoms with E-state index in [-0.39, 0.29) is 0 Å². The van der Waals surface area contributed by atoms with Gasteiger partial charge in [0.2, 0.25) is 0 Å². The normalized spacial score (nSPS) is 11.6. The van der Waals surface area contributed by atoms with Crippen LogP contribution in [0.3, 0.4) is 0 Å². The van der Waals surface area contributed by atoms with Crippen LogP contribution in [0, 0.1) is 12.3 Å². The standard InChI is InChI=1S/C17H29NO/c1-4-17(5-2,14-18)11-6-7-12-19-16-10-8-9-15(3)13-16/h8-10,13H,4-7,11-12,14,18H2,1-3H3. The molecule has 0 bridgehead atoms. The van der Waals surface area contributed by atoms with Gasteiger partial charge in [-0.1, -0.05) is 26.0 Å². The number of nitrogens with two attached hydrogens (primary N) is 1. The zero-order valence-electron chi connectivity index (χ0n) is 12.7. The Bertz CT molecular complexity index is 350. The summed E-state index contributed by atoms with van der Waals surface area (Å²) in [5.41, 5.74) is 7.52. The molecule has 0 atom stereocenters. The highest BCUT2D eigenvalue weighted by Crippen LogP contribution is 2.31. The van der Waals surface area contributed by atoms with Crippen molar-refractivity contribution in [2.24, 2.45) is 11.1 Å². The summed E-state index contributed by atoms with van der Waals surface area (Å²) >= 11 is 0. The van der Waals surface area contributed by atoms with Gasteiger partial charge in [0.1, 0.15) is 5.75 Å². The van der Waals surface area contributed by atoms with Crippen molar-refractivity contribution in [1.82, 2.24) is 0 Å². The summed E-state index contributed by atoms with van der Waals surface area (Å²) in [7, 11) is 0. The molecule has 0 spiro atoms. The molecule has 1 aromatic carbocycles. The second-order valence-electron chi connectivity index (χ2n) is 5.53. The highest BCUT2D eigenvalue weighted by molar-refractivity contribution is 5.27. The lowest BCUT2D eigenvalue weighted by atomic mass is 9.78. The third kappa shape index (κ3) is 5.23. The summed E-state index contributed by atoms with van der Waals surface area (Å²) in [5, 5.41) is 0. The molecule has 0 radical (unpaired) electrons. The van der Waals surface area contributed by atoms with Crippen molar-refractivity contribution < 1.29 is 4.74 Å². The fraction of sp³-hybridized carbons (Fsp3) is 0.647. The van der Waals surface area contributed by atoms with Crippen molar-refractivity contribution in [3.05, 3.63) is 29.8 Å². The molecule has 2 nitrogen and oxygen atoms in total. The lowest BCUT2D eigenvalue weighted by Crippen LogP contribution is -2.29. The Hall–Kier alpha value is -1.02. The van der Waals surface area contributed by atoms with E-state index in [0.717, 1.165) is 25.3 Å². The second-order valence-corrected chi connectivity index (χ2v) is 5.53. The molecule has 19 heavy (non-hydrogen) atoms. The molecular formula is C17H29NO. The van der Waals surface area contributed by atoms with Crippen molar-refractivity contribution >= 4 is 0 Å². The van der Waals surface area contributed by atoms with Gasteiger partial charge in [0.25, 0.3) is 0 Å². The fourth-order valence-corrected chi connectivity index (χ4v) is 2.49. The predicted molar refractivity (Wildman–Crippen MR) is 82.6 cm³/mol. The maximum Gasteiger partial charge on any atom is 0.119 e. The van der Waals surface area contributed by atoms with Crippen LogP contribution in [0.5, 0.6) is 5.75 Å². The molecule has 0 unspecified atom stereocenters. The van der Waals surface area contributed by atoms with Crippen LogP contribution in [0.4, 0.5) is 0 Å². The van der Waals surface area contributed by atoms with Crippen LogP contribution in [0.2, 0.25) is 0 Å². The van der Waals surface area contributed by atoms with E-state index in [1.807, 2.05) is 12.1 Å². The molecule has 0 saturated heterocycles.